The van der Waals surface area contributed by atoms with Crippen LogP contribution in [0.3, 0.4) is 0 Å². The lowest BCUT2D eigenvalue weighted by Crippen LogP contribution is -2.22. The first-order valence-electron chi connectivity index (χ1n) is 8.80. The van der Waals surface area contributed by atoms with Crippen molar-refractivity contribution in [1.29, 1.82) is 0 Å². The number of aryl methyl sites for hydroxylation is 1. The van der Waals surface area contributed by atoms with E-state index in [4.69, 9.17) is 9.97 Å². The first-order chi connectivity index (χ1) is 13.2. The normalized spacial score (nSPS) is 10.9. The fraction of sp³-hybridized carbons (Fsp3) is 0.0909. The molecule has 5 nitrogen and oxygen atoms in total. The van der Waals surface area contributed by atoms with E-state index in [2.05, 4.69) is 10.9 Å². The number of hydrazine groups is 1. The van der Waals surface area contributed by atoms with Crippen LogP contribution in [0, 0.1) is 6.92 Å². The number of anilines is 1. The van der Waals surface area contributed by atoms with Crippen molar-refractivity contribution in [2.24, 2.45) is 0 Å². The van der Waals surface area contributed by atoms with Gasteiger partial charge in [-0.1, -0.05) is 54.6 Å². The summed E-state index contributed by atoms with van der Waals surface area (Å²) in [5.41, 5.74) is 11.7. The van der Waals surface area contributed by atoms with Crippen LogP contribution in [0.5, 0.6) is 5.75 Å². The van der Waals surface area contributed by atoms with Crippen molar-refractivity contribution >= 4 is 16.9 Å². The molecule has 0 aliphatic heterocycles. The highest BCUT2D eigenvalue weighted by molar-refractivity contribution is 5.83. The number of aromatic nitrogens is 2. The lowest BCUT2D eigenvalue weighted by atomic mass is 10.1. The topological polar surface area (TPSA) is 70.1 Å². The van der Waals surface area contributed by atoms with Crippen molar-refractivity contribution in [3.05, 3.63) is 83.9 Å². The quantitative estimate of drug-likeness (QED) is 0.462. The molecule has 4 rings (SSSR count). The number of rotatable bonds is 5. The van der Waals surface area contributed by atoms with Crippen LogP contribution in [0.15, 0.2) is 72.8 Å². The predicted molar refractivity (Wildman–Crippen MR) is 108 cm³/mol. The zero-order chi connectivity index (χ0) is 18.6. The van der Waals surface area contributed by atoms with Crippen molar-refractivity contribution in [1.82, 2.24) is 15.4 Å². The Labute approximate surface area is 157 Å². The summed E-state index contributed by atoms with van der Waals surface area (Å²) in [6.07, 6.45) is 0. The minimum absolute atomic E-state index is 0.260. The highest BCUT2D eigenvalue weighted by Crippen LogP contribution is 2.27. The maximum Gasteiger partial charge on any atom is 0.167 e. The average molecular weight is 356 g/mol. The molecule has 0 amide bonds. The van der Waals surface area contributed by atoms with Crippen LogP contribution in [0.2, 0.25) is 0 Å². The van der Waals surface area contributed by atoms with Gasteiger partial charge < -0.3 is 10.5 Å². The predicted octanol–water partition coefficient (Wildman–Crippen LogP) is 4.43. The van der Waals surface area contributed by atoms with Crippen molar-refractivity contribution in [3.8, 4) is 17.0 Å². The smallest absolute Gasteiger partial charge is 0.167 e. The third-order valence-electron chi connectivity index (χ3n) is 4.34. The minimum atomic E-state index is 0.260. The fourth-order valence-corrected chi connectivity index (χ4v) is 2.93. The fourth-order valence-electron chi connectivity index (χ4n) is 2.93. The van der Waals surface area contributed by atoms with Crippen LogP contribution in [0.1, 0.15) is 11.1 Å². The van der Waals surface area contributed by atoms with Gasteiger partial charge in [-0.05, 0) is 30.7 Å². The van der Waals surface area contributed by atoms with Gasteiger partial charge in [0.15, 0.2) is 5.82 Å². The van der Waals surface area contributed by atoms with E-state index in [9.17, 15) is 5.11 Å². The van der Waals surface area contributed by atoms with Crippen molar-refractivity contribution < 1.29 is 5.11 Å². The average Bonchev–Trinajstić information content (AvgIpc) is 2.69. The van der Waals surface area contributed by atoms with Gasteiger partial charge in [0.05, 0.1) is 11.0 Å². The van der Waals surface area contributed by atoms with Crippen LogP contribution >= 0.6 is 0 Å². The number of hydrogen-bond donors (Lipinski definition) is 3. The van der Waals surface area contributed by atoms with E-state index in [1.807, 2.05) is 67.6 Å². The molecule has 0 aliphatic carbocycles. The number of fused-ring (bicyclic) bond motifs is 1. The molecule has 3 N–H and O–H groups in total. The van der Waals surface area contributed by atoms with Crippen molar-refractivity contribution in [2.45, 2.75) is 13.5 Å². The van der Waals surface area contributed by atoms with Crippen molar-refractivity contribution in [2.75, 3.05) is 5.43 Å². The molecular weight excluding hydrogens is 336 g/mol. The summed E-state index contributed by atoms with van der Waals surface area (Å²) in [6, 6.07) is 23.3. The Morgan fingerprint density at radius 2 is 1.63 bits per heavy atom. The molecule has 4 aromatic rings. The number of benzene rings is 3. The summed E-state index contributed by atoms with van der Waals surface area (Å²) in [6.45, 7) is 2.49. The molecule has 0 radical (unpaired) electrons. The molecule has 3 aromatic carbocycles. The Kier molecular flexibility index (Phi) is 4.68. The third-order valence-corrected chi connectivity index (χ3v) is 4.34. The van der Waals surface area contributed by atoms with E-state index in [0.29, 0.717) is 12.4 Å². The Morgan fingerprint density at radius 1 is 0.852 bits per heavy atom. The second-order valence-corrected chi connectivity index (χ2v) is 6.39. The zero-order valence-electron chi connectivity index (χ0n) is 15.0. The van der Waals surface area contributed by atoms with E-state index < -0.39 is 0 Å². The lowest BCUT2D eigenvalue weighted by Gasteiger charge is -2.14. The molecule has 0 spiro atoms. The Bertz CT molecular complexity index is 1080. The second kappa shape index (κ2) is 7.43. The Hall–Kier alpha value is -3.44. The lowest BCUT2D eigenvalue weighted by molar-refractivity contribution is 0.466. The monoisotopic (exact) mass is 356 g/mol. The Balaban J connectivity index is 1.68. The molecule has 0 saturated carbocycles. The van der Waals surface area contributed by atoms with Crippen molar-refractivity contribution in [3.63, 3.8) is 0 Å². The highest BCUT2D eigenvalue weighted by Gasteiger charge is 2.11. The van der Waals surface area contributed by atoms with Gasteiger partial charge in [0.1, 0.15) is 11.4 Å². The summed E-state index contributed by atoms with van der Waals surface area (Å²) >= 11 is 0. The standard InChI is InChI=1S/C22H20N4O/c1-15-11-12-18-19(13-15)25-22(21(24-18)16-7-3-2-4-8-16)26-23-14-17-9-5-6-10-20(17)27/h2-13,23,27H,14H2,1H3,(H,25,26). The molecular formula is C22H20N4O. The summed E-state index contributed by atoms with van der Waals surface area (Å²) in [5, 5.41) is 9.92. The van der Waals surface area contributed by atoms with Crippen LogP contribution < -0.4 is 10.9 Å². The largest absolute Gasteiger partial charge is 0.508 e. The van der Waals surface area contributed by atoms with Gasteiger partial charge >= 0.3 is 0 Å². The molecule has 1 heterocycles. The maximum atomic E-state index is 9.92. The summed E-state index contributed by atoms with van der Waals surface area (Å²) in [5.74, 6) is 0.907. The molecule has 0 saturated heterocycles. The van der Waals surface area contributed by atoms with Gasteiger partial charge in [0.25, 0.3) is 0 Å². The molecule has 0 fully saturated rings. The van der Waals surface area contributed by atoms with E-state index in [1.165, 1.54) is 0 Å². The maximum absolute atomic E-state index is 9.92. The van der Waals surface area contributed by atoms with E-state index >= 15 is 0 Å². The second-order valence-electron chi connectivity index (χ2n) is 6.39. The number of aromatic hydroxyl groups is 1. The van der Waals surface area contributed by atoms with Crippen LogP contribution in [0.25, 0.3) is 22.3 Å². The first-order valence-corrected chi connectivity index (χ1v) is 8.80. The highest BCUT2D eigenvalue weighted by atomic mass is 16.3. The van der Waals surface area contributed by atoms with E-state index in [1.54, 1.807) is 12.1 Å². The van der Waals surface area contributed by atoms with Crippen LogP contribution in [-0.4, -0.2) is 15.1 Å². The van der Waals surface area contributed by atoms with Gasteiger partial charge in [-0.25, -0.2) is 15.4 Å². The van der Waals surface area contributed by atoms with E-state index in [0.717, 1.165) is 33.4 Å². The molecule has 1 aromatic heterocycles. The van der Waals surface area contributed by atoms with Gasteiger partial charge in [0, 0.05) is 17.7 Å². The van der Waals surface area contributed by atoms with Gasteiger partial charge in [-0.15, -0.1) is 0 Å². The SMILES string of the molecule is Cc1ccc2nc(-c3ccccc3)c(NNCc3ccccc3O)nc2c1. The number of hydrogen-bond acceptors (Lipinski definition) is 5. The summed E-state index contributed by atoms with van der Waals surface area (Å²) in [7, 11) is 0. The molecule has 0 aliphatic rings. The minimum Gasteiger partial charge on any atom is -0.508 e. The van der Waals surface area contributed by atoms with Gasteiger partial charge in [-0.3, -0.25) is 0 Å². The zero-order valence-corrected chi connectivity index (χ0v) is 15.0. The Morgan fingerprint density at radius 3 is 2.44 bits per heavy atom. The number of nitrogens with one attached hydrogen (secondary N) is 2. The summed E-state index contributed by atoms with van der Waals surface area (Å²) < 4.78 is 0. The molecule has 0 bridgehead atoms. The molecule has 134 valence electrons. The van der Waals surface area contributed by atoms with E-state index in [-0.39, 0.29) is 5.75 Å². The molecule has 0 unspecified atom stereocenters. The number of phenolic OH excluding ortho intramolecular Hbond substituents is 1. The number of phenols is 1. The third kappa shape index (κ3) is 3.73. The first kappa shape index (κ1) is 17.0. The molecule has 27 heavy (non-hydrogen) atoms. The molecule has 0 atom stereocenters. The van der Waals surface area contributed by atoms with Crippen LogP contribution in [0.4, 0.5) is 5.82 Å². The van der Waals surface area contributed by atoms with Crippen LogP contribution in [-0.2, 0) is 6.54 Å². The van der Waals surface area contributed by atoms with Gasteiger partial charge in [0.2, 0.25) is 0 Å². The van der Waals surface area contributed by atoms with Gasteiger partial charge in [-0.2, -0.15) is 0 Å². The number of para-hydroxylation sites is 1. The molecule has 5 heteroatoms. The summed E-state index contributed by atoms with van der Waals surface area (Å²) in [4.78, 5) is 9.58. The number of nitrogens with zero attached hydrogens (tertiary/aromatic N) is 2.